The summed E-state index contributed by atoms with van der Waals surface area (Å²) in [4.78, 5) is 0. The second kappa shape index (κ2) is 11.4. The van der Waals surface area contributed by atoms with E-state index in [1.807, 2.05) is 0 Å². The van der Waals surface area contributed by atoms with Crippen molar-refractivity contribution in [1.29, 1.82) is 0 Å². The summed E-state index contributed by atoms with van der Waals surface area (Å²) in [6.45, 7) is 11.9. The van der Waals surface area contributed by atoms with E-state index in [-0.39, 0.29) is 0 Å². The number of hydrogen-bond acceptors (Lipinski definition) is 2. The fourth-order valence-corrected chi connectivity index (χ4v) is 1.87. The predicted octanol–water partition coefficient (Wildman–Crippen LogP) is 3.61. The lowest BCUT2D eigenvalue weighted by atomic mass is 10.1. The maximum atomic E-state index is 5.63. The van der Waals surface area contributed by atoms with Gasteiger partial charge in [0.15, 0.2) is 0 Å². The summed E-state index contributed by atoms with van der Waals surface area (Å²) >= 11 is 0. The van der Waals surface area contributed by atoms with Gasteiger partial charge >= 0.3 is 0 Å². The smallest absolute Gasteiger partial charge is 0.0466 e. The van der Waals surface area contributed by atoms with Crippen LogP contribution in [-0.2, 0) is 4.74 Å². The Kier molecular flexibility index (Phi) is 11.3. The molecule has 0 radical (unpaired) electrons. The predicted molar refractivity (Wildman–Crippen MR) is 71.9 cm³/mol. The average Bonchev–Trinajstić information content (AvgIpc) is 2.26. The van der Waals surface area contributed by atoms with Crippen LogP contribution >= 0.6 is 0 Å². The highest BCUT2D eigenvalue weighted by molar-refractivity contribution is 4.63. The molecule has 0 aromatic rings. The zero-order valence-corrected chi connectivity index (χ0v) is 11.7. The molecule has 0 saturated carbocycles. The minimum absolute atomic E-state index is 0.685. The van der Waals surface area contributed by atoms with E-state index in [4.69, 9.17) is 4.74 Å². The lowest BCUT2D eigenvalue weighted by Crippen LogP contribution is -2.28. The molecule has 0 rings (SSSR count). The minimum atomic E-state index is 0.685. The van der Waals surface area contributed by atoms with E-state index < -0.39 is 0 Å². The van der Waals surface area contributed by atoms with Crippen LogP contribution in [0.3, 0.4) is 0 Å². The molecule has 0 aromatic carbocycles. The highest BCUT2D eigenvalue weighted by atomic mass is 16.5. The van der Waals surface area contributed by atoms with Gasteiger partial charge in [0.2, 0.25) is 0 Å². The zero-order chi connectivity index (χ0) is 12.2. The Balaban J connectivity index is 3.19. The van der Waals surface area contributed by atoms with E-state index in [1.54, 1.807) is 0 Å². The van der Waals surface area contributed by atoms with Crippen molar-refractivity contribution >= 4 is 0 Å². The lowest BCUT2D eigenvalue weighted by Gasteiger charge is -2.15. The number of nitrogens with one attached hydrogen (secondary N) is 1. The molecular weight excluding hydrogens is 198 g/mol. The van der Waals surface area contributed by atoms with Crippen LogP contribution in [0.5, 0.6) is 0 Å². The Hall–Kier alpha value is -0.0800. The normalized spacial score (nSPS) is 13.3. The quantitative estimate of drug-likeness (QED) is 0.547. The van der Waals surface area contributed by atoms with E-state index in [0.717, 1.165) is 25.7 Å². The number of ether oxygens (including phenoxy) is 1. The number of rotatable bonds is 11. The van der Waals surface area contributed by atoms with Crippen molar-refractivity contribution in [1.82, 2.24) is 5.32 Å². The van der Waals surface area contributed by atoms with Gasteiger partial charge in [-0.05, 0) is 44.6 Å². The van der Waals surface area contributed by atoms with Crippen molar-refractivity contribution in [3.05, 3.63) is 0 Å². The third-order valence-electron chi connectivity index (χ3n) is 2.90. The molecule has 2 heteroatoms. The highest BCUT2D eigenvalue weighted by Gasteiger charge is 2.03. The van der Waals surface area contributed by atoms with Gasteiger partial charge in [-0.25, -0.2) is 0 Å². The van der Waals surface area contributed by atoms with Gasteiger partial charge < -0.3 is 10.1 Å². The maximum Gasteiger partial charge on any atom is 0.0466 e. The first kappa shape index (κ1) is 15.9. The van der Waals surface area contributed by atoms with Gasteiger partial charge in [0.05, 0.1) is 0 Å². The molecule has 2 nitrogen and oxygen atoms in total. The van der Waals surface area contributed by atoms with Gasteiger partial charge in [-0.2, -0.15) is 0 Å². The van der Waals surface area contributed by atoms with Gasteiger partial charge in [-0.3, -0.25) is 0 Å². The lowest BCUT2D eigenvalue weighted by molar-refractivity contribution is 0.122. The Labute approximate surface area is 102 Å². The van der Waals surface area contributed by atoms with Crippen LogP contribution in [0.2, 0.25) is 0 Å². The van der Waals surface area contributed by atoms with Crippen molar-refractivity contribution in [2.24, 2.45) is 5.92 Å². The van der Waals surface area contributed by atoms with Gasteiger partial charge in [0.25, 0.3) is 0 Å². The highest BCUT2D eigenvalue weighted by Crippen LogP contribution is 2.05. The fraction of sp³-hybridized carbons (Fsp3) is 1.00. The molecule has 1 atom stereocenters. The monoisotopic (exact) mass is 229 g/mol. The van der Waals surface area contributed by atoms with E-state index in [1.165, 1.54) is 32.1 Å². The second-order valence-corrected chi connectivity index (χ2v) is 4.95. The van der Waals surface area contributed by atoms with Crippen molar-refractivity contribution in [3.63, 3.8) is 0 Å². The summed E-state index contributed by atoms with van der Waals surface area (Å²) in [5.74, 6) is 0.807. The third-order valence-corrected chi connectivity index (χ3v) is 2.90. The molecule has 98 valence electrons. The standard InChI is InChI=1S/C14H31NO/c1-5-14(15-6-2)10-8-12-16-11-7-9-13(3)4/h13-15H,5-12H2,1-4H3. The Morgan fingerprint density at radius 2 is 1.62 bits per heavy atom. The molecule has 0 aliphatic heterocycles. The summed E-state index contributed by atoms with van der Waals surface area (Å²) in [5, 5.41) is 3.49. The molecule has 1 N–H and O–H groups in total. The van der Waals surface area contributed by atoms with E-state index in [9.17, 15) is 0 Å². The van der Waals surface area contributed by atoms with Crippen LogP contribution in [0, 0.1) is 5.92 Å². The first-order chi connectivity index (χ1) is 7.70. The third kappa shape index (κ3) is 10.4. The van der Waals surface area contributed by atoms with Crippen molar-refractivity contribution in [2.45, 2.75) is 65.8 Å². The molecule has 0 aliphatic carbocycles. The Morgan fingerprint density at radius 1 is 1.00 bits per heavy atom. The van der Waals surface area contributed by atoms with Crippen molar-refractivity contribution in [3.8, 4) is 0 Å². The summed E-state index contributed by atoms with van der Waals surface area (Å²) in [7, 11) is 0. The molecule has 0 aliphatic rings. The van der Waals surface area contributed by atoms with Gasteiger partial charge in [0, 0.05) is 19.3 Å². The summed E-state index contributed by atoms with van der Waals surface area (Å²) in [5.41, 5.74) is 0. The van der Waals surface area contributed by atoms with Crippen LogP contribution < -0.4 is 5.32 Å². The zero-order valence-electron chi connectivity index (χ0n) is 11.7. The summed E-state index contributed by atoms with van der Waals surface area (Å²) in [6.07, 6.45) is 6.15. The largest absolute Gasteiger partial charge is 0.381 e. The van der Waals surface area contributed by atoms with Crippen LogP contribution in [0.4, 0.5) is 0 Å². The molecule has 16 heavy (non-hydrogen) atoms. The van der Waals surface area contributed by atoms with Crippen molar-refractivity contribution < 1.29 is 4.74 Å². The van der Waals surface area contributed by atoms with Crippen LogP contribution in [0.25, 0.3) is 0 Å². The number of hydrogen-bond donors (Lipinski definition) is 1. The first-order valence-corrected chi connectivity index (χ1v) is 7.01. The van der Waals surface area contributed by atoms with Crippen LogP contribution in [0.15, 0.2) is 0 Å². The molecule has 0 fully saturated rings. The average molecular weight is 229 g/mol. The fourth-order valence-electron chi connectivity index (χ4n) is 1.87. The molecule has 0 heterocycles. The molecule has 1 unspecified atom stereocenters. The molecular formula is C14H31NO. The van der Waals surface area contributed by atoms with Gasteiger partial charge in [0.1, 0.15) is 0 Å². The molecule has 0 amide bonds. The first-order valence-electron chi connectivity index (χ1n) is 7.01. The van der Waals surface area contributed by atoms with Crippen molar-refractivity contribution in [2.75, 3.05) is 19.8 Å². The van der Waals surface area contributed by atoms with E-state index in [2.05, 4.69) is 33.0 Å². The maximum absolute atomic E-state index is 5.63. The Bertz CT molecular complexity index is 137. The van der Waals surface area contributed by atoms with E-state index >= 15 is 0 Å². The van der Waals surface area contributed by atoms with Gasteiger partial charge in [-0.1, -0.05) is 27.7 Å². The molecule has 0 saturated heterocycles. The second-order valence-electron chi connectivity index (χ2n) is 4.95. The molecule has 0 aromatic heterocycles. The Morgan fingerprint density at radius 3 is 2.12 bits per heavy atom. The van der Waals surface area contributed by atoms with Gasteiger partial charge in [-0.15, -0.1) is 0 Å². The summed E-state index contributed by atoms with van der Waals surface area (Å²) < 4.78 is 5.63. The molecule has 0 spiro atoms. The topological polar surface area (TPSA) is 21.3 Å². The van der Waals surface area contributed by atoms with Crippen LogP contribution in [-0.4, -0.2) is 25.8 Å². The minimum Gasteiger partial charge on any atom is -0.381 e. The molecule has 0 bridgehead atoms. The van der Waals surface area contributed by atoms with Crippen LogP contribution in [0.1, 0.15) is 59.8 Å². The summed E-state index contributed by atoms with van der Waals surface area (Å²) in [6, 6.07) is 0.685. The SMILES string of the molecule is CCNC(CC)CCCOCCCC(C)C. The van der Waals surface area contributed by atoms with E-state index in [0.29, 0.717) is 6.04 Å².